The van der Waals surface area contributed by atoms with E-state index in [1.165, 1.54) is 0 Å². The quantitative estimate of drug-likeness (QED) is 0.246. The summed E-state index contributed by atoms with van der Waals surface area (Å²) in [6.45, 7) is 2.65. The van der Waals surface area contributed by atoms with Crippen molar-refractivity contribution in [1.82, 2.24) is 10.2 Å². The average Bonchev–Trinajstić information content (AvgIpc) is 2.85. The number of carbonyl (C=O) groups is 2. The summed E-state index contributed by atoms with van der Waals surface area (Å²) in [4.78, 5) is 28.8. The first-order valence-electron chi connectivity index (χ1n) is 11.8. The fourth-order valence-corrected chi connectivity index (χ4v) is 4.84. The second kappa shape index (κ2) is 13.9. The van der Waals surface area contributed by atoms with Crippen LogP contribution in [0.3, 0.4) is 0 Å². The number of carbonyl (C=O) groups excluding carboxylic acids is 2. The summed E-state index contributed by atoms with van der Waals surface area (Å²) in [5.41, 5.74) is 2.13. The Bertz CT molecular complexity index is 1170. The van der Waals surface area contributed by atoms with Crippen molar-refractivity contribution in [2.75, 3.05) is 6.54 Å². The van der Waals surface area contributed by atoms with Crippen LogP contribution in [0, 0.1) is 0 Å². The van der Waals surface area contributed by atoms with E-state index in [1.807, 2.05) is 30.3 Å². The van der Waals surface area contributed by atoms with Gasteiger partial charge in [0, 0.05) is 45.2 Å². The van der Waals surface area contributed by atoms with Gasteiger partial charge in [-0.3, -0.25) is 9.59 Å². The molecule has 3 aromatic rings. The normalized spacial score (nSPS) is 11.7. The topological polar surface area (TPSA) is 49.4 Å². The number of nitrogens with zero attached hydrogens (tertiary/aromatic N) is 1. The third kappa shape index (κ3) is 7.88. The molecule has 0 aliphatic heterocycles. The van der Waals surface area contributed by atoms with Crippen LogP contribution in [-0.2, 0) is 29.0 Å². The first-order chi connectivity index (χ1) is 17.3. The highest BCUT2D eigenvalue weighted by Gasteiger charge is 2.31. The highest BCUT2D eigenvalue weighted by atomic mass is 35.5. The molecule has 0 saturated heterocycles. The minimum Gasteiger partial charge on any atom is -0.354 e. The summed E-state index contributed by atoms with van der Waals surface area (Å²) >= 11 is 25.3. The molecule has 3 aromatic carbocycles. The van der Waals surface area contributed by atoms with Crippen molar-refractivity contribution in [1.29, 1.82) is 0 Å². The predicted molar refractivity (Wildman–Crippen MR) is 149 cm³/mol. The Balaban J connectivity index is 2.01. The lowest BCUT2D eigenvalue weighted by molar-refractivity contribution is -0.140. The summed E-state index contributed by atoms with van der Waals surface area (Å²) in [7, 11) is 0. The zero-order valence-corrected chi connectivity index (χ0v) is 23.0. The molecule has 2 amide bonds. The lowest BCUT2D eigenvalue weighted by atomic mass is 10.0. The molecule has 0 heterocycles. The van der Waals surface area contributed by atoms with E-state index in [-0.39, 0.29) is 24.8 Å². The van der Waals surface area contributed by atoms with Crippen molar-refractivity contribution in [3.8, 4) is 0 Å². The molecule has 0 unspecified atom stereocenters. The number of amides is 2. The largest absolute Gasteiger partial charge is 0.354 e. The maximum atomic E-state index is 13.8. The Morgan fingerprint density at radius 3 is 2.22 bits per heavy atom. The van der Waals surface area contributed by atoms with E-state index in [2.05, 4.69) is 12.2 Å². The van der Waals surface area contributed by atoms with E-state index in [4.69, 9.17) is 46.4 Å². The molecule has 0 spiro atoms. The molecule has 3 rings (SSSR count). The van der Waals surface area contributed by atoms with Crippen LogP contribution in [0.1, 0.15) is 36.5 Å². The molecule has 0 aromatic heterocycles. The van der Waals surface area contributed by atoms with Gasteiger partial charge >= 0.3 is 0 Å². The first kappa shape index (κ1) is 28.3. The van der Waals surface area contributed by atoms with Gasteiger partial charge in [0.05, 0.1) is 6.42 Å². The van der Waals surface area contributed by atoms with Crippen LogP contribution in [0.4, 0.5) is 0 Å². The minimum absolute atomic E-state index is 0.00833. The van der Waals surface area contributed by atoms with E-state index in [0.717, 1.165) is 18.4 Å². The Kier molecular flexibility index (Phi) is 10.9. The molecule has 190 valence electrons. The summed E-state index contributed by atoms with van der Waals surface area (Å²) < 4.78 is 0. The molecule has 0 saturated carbocycles. The van der Waals surface area contributed by atoms with Crippen molar-refractivity contribution in [3.05, 3.63) is 104 Å². The third-order valence-electron chi connectivity index (χ3n) is 5.85. The Morgan fingerprint density at radius 1 is 0.889 bits per heavy atom. The summed E-state index contributed by atoms with van der Waals surface area (Å²) in [5.74, 6) is -0.507. The predicted octanol–water partition coefficient (Wildman–Crippen LogP) is 7.40. The number of rotatable bonds is 11. The molecule has 1 atom stereocenters. The van der Waals surface area contributed by atoms with Gasteiger partial charge in [0.25, 0.3) is 0 Å². The van der Waals surface area contributed by atoms with Crippen LogP contribution in [0.25, 0.3) is 0 Å². The molecular weight excluding hydrogens is 538 g/mol. The molecular formula is C28H28Cl4N2O2. The molecule has 0 aliphatic rings. The maximum absolute atomic E-state index is 13.8. The second-order valence-corrected chi connectivity index (χ2v) is 10.1. The molecule has 4 nitrogen and oxygen atoms in total. The van der Waals surface area contributed by atoms with Crippen LogP contribution in [0.2, 0.25) is 20.1 Å². The van der Waals surface area contributed by atoms with Gasteiger partial charge in [0.1, 0.15) is 6.04 Å². The smallest absolute Gasteiger partial charge is 0.243 e. The van der Waals surface area contributed by atoms with E-state index in [9.17, 15) is 9.59 Å². The lowest BCUT2D eigenvalue weighted by Gasteiger charge is -2.32. The monoisotopic (exact) mass is 564 g/mol. The zero-order chi connectivity index (χ0) is 26.1. The number of hydrogen-bond acceptors (Lipinski definition) is 2. The minimum atomic E-state index is -0.782. The Morgan fingerprint density at radius 2 is 1.58 bits per heavy atom. The molecule has 0 bridgehead atoms. The van der Waals surface area contributed by atoms with Crippen molar-refractivity contribution in [3.63, 3.8) is 0 Å². The van der Waals surface area contributed by atoms with Gasteiger partial charge in [-0.25, -0.2) is 0 Å². The average molecular weight is 566 g/mol. The molecule has 36 heavy (non-hydrogen) atoms. The van der Waals surface area contributed by atoms with Crippen LogP contribution < -0.4 is 5.32 Å². The van der Waals surface area contributed by atoms with Crippen LogP contribution in [-0.4, -0.2) is 29.3 Å². The standard InChI is InChI=1S/C28H28Cl4N2O2/c1-2-3-14-33-28(36)26(15-19-8-5-4-6-9-19)34(18-22-23(30)10-7-11-24(22)31)27(35)16-20-12-13-21(29)17-25(20)32/h4-13,17,26H,2-3,14-16,18H2,1H3,(H,33,36)/t26-/m0/s1. The Labute approximate surface area is 232 Å². The summed E-state index contributed by atoms with van der Waals surface area (Å²) in [6.07, 6.45) is 2.11. The molecule has 0 radical (unpaired) electrons. The SMILES string of the molecule is CCCCNC(=O)[C@H](Cc1ccccc1)N(Cc1c(Cl)cccc1Cl)C(=O)Cc1ccc(Cl)cc1Cl. The lowest BCUT2D eigenvalue weighted by Crippen LogP contribution is -2.51. The van der Waals surface area contributed by atoms with Gasteiger partial charge in [-0.2, -0.15) is 0 Å². The number of nitrogens with one attached hydrogen (secondary N) is 1. The number of unbranched alkanes of at least 4 members (excludes halogenated alkanes) is 1. The van der Waals surface area contributed by atoms with Gasteiger partial charge in [-0.05, 0) is 41.8 Å². The summed E-state index contributed by atoms with van der Waals surface area (Å²) in [5, 5.41) is 4.71. The number of benzene rings is 3. The fourth-order valence-electron chi connectivity index (χ4n) is 3.84. The zero-order valence-electron chi connectivity index (χ0n) is 19.9. The molecule has 1 N–H and O–H groups in total. The van der Waals surface area contributed by atoms with Crippen molar-refractivity contribution in [2.45, 2.75) is 45.2 Å². The second-order valence-electron chi connectivity index (χ2n) is 8.48. The fraction of sp³-hybridized carbons (Fsp3) is 0.286. The van der Waals surface area contributed by atoms with E-state index >= 15 is 0 Å². The summed E-state index contributed by atoms with van der Waals surface area (Å²) in [6, 6.07) is 19.0. The van der Waals surface area contributed by atoms with Gasteiger partial charge in [0.15, 0.2) is 0 Å². The van der Waals surface area contributed by atoms with Crippen molar-refractivity contribution < 1.29 is 9.59 Å². The highest BCUT2D eigenvalue weighted by Crippen LogP contribution is 2.28. The van der Waals surface area contributed by atoms with Crippen molar-refractivity contribution in [2.24, 2.45) is 0 Å². The molecule has 0 aliphatic carbocycles. The Hall–Kier alpha value is -2.24. The van der Waals surface area contributed by atoms with E-state index in [1.54, 1.807) is 41.3 Å². The molecule has 0 fully saturated rings. The van der Waals surface area contributed by atoms with E-state index < -0.39 is 6.04 Å². The first-order valence-corrected chi connectivity index (χ1v) is 13.3. The molecule has 8 heteroatoms. The number of hydrogen-bond donors (Lipinski definition) is 1. The van der Waals surface area contributed by atoms with Crippen LogP contribution >= 0.6 is 46.4 Å². The van der Waals surface area contributed by atoms with Crippen LogP contribution in [0.5, 0.6) is 0 Å². The van der Waals surface area contributed by atoms with Crippen LogP contribution in [0.15, 0.2) is 66.7 Å². The van der Waals surface area contributed by atoms with Crippen molar-refractivity contribution >= 4 is 58.2 Å². The highest BCUT2D eigenvalue weighted by molar-refractivity contribution is 6.36. The van der Waals surface area contributed by atoms with Gasteiger partial charge in [0.2, 0.25) is 11.8 Å². The van der Waals surface area contributed by atoms with Gasteiger partial charge in [-0.1, -0.05) is 102 Å². The number of halogens is 4. The third-order valence-corrected chi connectivity index (χ3v) is 7.14. The maximum Gasteiger partial charge on any atom is 0.243 e. The van der Waals surface area contributed by atoms with Gasteiger partial charge in [-0.15, -0.1) is 0 Å². The van der Waals surface area contributed by atoms with E-state index in [0.29, 0.717) is 44.2 Å². The van der Waals surface area contributed by atoms with Gasteiger partial charge < -0.3 is 10.2 Å².